The molecule has 9 heteroatoms. The average Bonchev–Trinajstić information content (AvgIpc) is 3.40. The maximum atomic E-state index is 9.26. The quantitative estimate of drug-likeness (QED) is 0.295. The molecule has 3 aromatic rings. The van der Waals surface area contributed by atoms with Crippen LogP contribution in [0.15, 0.2) is 28.1 Å². The zero-order valence-corrected chi connectivity index (χ0v) is 23.5. The van der Waals surface area contributed by atoms with Gasteiger partial charge in [-0.15, -0.1) is 36.2 Å². The number of rotatable bonds is 10. The number of nitrogens with zero attached hydrogens (tertiary/aromatic N) is 4. The van der Waals surface area contributed by atoms with Gasteiger partial charge < -0.3 is 14.2 Å². The highest BCUT2D eigenvalue weighted by atomic mass is 35.5. The Morgan fingerprint density at radius 1 is 1.14 bits per heavy atom. The van der Waals surface area contributed by atoms with Crippen molar-refractivity contribution in [2.75, 3.05) is 33.8 Å². The van der Waals surface area contributed by atoms with Crippen molar-refractivity contribution in [1.29, 1.82) is 5.26 Å². The van der Waals surface area contributed by atoms with E-state index in [4.69, 9.17) is 9.26 Å². The van der Waals surface area contributed by atoms with E-state index < -0.39 is 0 Å². The van der Waals surface area contributed by atoms with Gasteiger partial charge in [-0.3, -0.25) is 4.90 Å². The van der Waals surface area contributed by atoms with Crippen LogP contribution in [0.1, 0.15) is 53.8 Å². The van der Waals surface area contributed by atoms with Gasteiger partial charge in [0.25, 0.3) is 0 Å². The number of hydrogen-bond donors (Lipinski definition) is 0. The Hall–Kier alpha value is -1.82. The maximum absolute atomic E-state index is 9.26. The van der Waals surface area contributed by atoms with Gasteiger partial charge in [-0.05, 0) is 107 Å². The number of hydrogen-bond acceptors (Lipinski definition) is 7. The monoisotopic (exact) mass is 550 g/mol. The molecule has 0 amide bonds. The lowest BCUT2D eigenvalue weighted by molar-refractivity contribution is 0.172. The Balaban J connectivity index is 0.00000180. The molecule has 1 saturated heterocycles. The molecule has 1 aliphatic heterocycles. The second-order valence-corrected chi connectivity index (χ2v) is 11.1. The number of thiophene rings is 1. The maximum Gasteiger partial charge on any atom is 0.175 e. The lowest BCUT2D eigenvalue weighted by atomic mass is 9.91. The van der Waals surface area contributed by atoms with Crippen molar-refractivity contribution in [1.82, 2.24) is 15.0 Å². The van der Waals surface area contributed by atoms with E-state index in [9.17, 15) is 5.26 Å². The summed E-state index contributed by atoms with van der Waals surface area (Å²) in [4.78, 5) is 5.50. The zero-order valence-electron chi connectivity index (χ0n) is 21.1. The molecule has 1 aromatic carbocycles. The molecule has 2 aromatic heterocycles. The number of ether oxygens (including phenoxy) is 1. The van der Waals surface area contributed by atoms with Crippen molar-refractivity contribution >= 4 is 47.1 Å². The van der Waals surface area contributed by atoms with E-state index >= 15 is 0 Å². The molecule has 6 nitrogen and oxygen atoms in total. The van der Waals surface area contributed by atoms with E-state index in [-0.39, 0.29) is 24.8 Å². The SMILES string of the molecule is CN(C)Cc1c(OCC2CC2)ccc2c(CCC3CCN(Cc4ccsc4C#N)CC3)noc12.Cl.Cl. The summed E-state index contributed by atoms with van der Waals surface area (Å²) in [5.74, 6) is 2.37. The number of piperidine rings is 1. The minimum Gasteiger partial charge on any atom is -0.493 e. The van der Waals surface area contributed by atoms with Crippen molar-refractivity contribution in [2.45, 2.75) is 51.6 Å². The average molecular weight is 552 g/mol. The second-order valence-electron chi connectivity index (χ2n) is 10.2. The van der Waals surface area contributed by atoms with Crippen molar-refractivity contribution in [3.05, 3.63) is 45.3 Å². The highest BCUT2D eigenvalue weighted by molar-refractivity contribution is 7.10. The Morgan fingerprint density at radius 2 is 1.92 bits per heavy atom. The van der Waals surface area contributed by atoms with Gasteiger partial charge in [0.2, 0.25) is 0 Å². The van der Waals surface area contributed by atoms with E-state index in [1.54, 1.807) is 11.3 Å². The summed E-state index contributed by atoms with van der Waals surface area (Å²) in [5, 5.41) is 16.9. The third-order valence-corrected chi connectivity index (χ3v) is 8.02. The van der Waals surface area contributed by atoms with Gasteiger partial charge >= 0.3 is 0 Å². The molecular weight excluding hydrogens is 515 g/mol. The third-order valence-electron chi connectivity index (χ3n) is 7.16. The van der Waals surface area contributed by atoms with Crippen LogP contribution in [0, 0.1) is 23.2 Å². The predicted molar refractivity (Wildman–Crippen MR) is 149 cm³/mol. The number of fused-ring (bicyclic) bond motifs is 1. The number of nitriles is 1. The van der Waals surface area contributed by atoms with Gasteiger partial charge in [0.05, 0.1) is 17.9 Å². The first-order chi connectivity index (χ1) is 16.6. The fourth-order valence-corrected chi connectivity index (χ4v) is 5.64. The minimum atomic E-state index is 0. The molecule has 0 unspecified atom stereocenters. The highest BCUT2D eigenvalue weighted by Crippen LogP contribution is 2.35. The highest BCUT2D eigenvalue weighted by Gasteiger charge is 2.25. The molecule has 36 heavy (non-hydrogen) atoms. The molecule has 2 aliphatic rings. The standard InChI is InChI=1S/C27H34N4O2S.2ClH/c1-30(2)17-23-25(32-18-20-3-4-20)8-6-22-24(29-33-27(22)23)7-5-19-9-12-31(13-10-19)16-21-11-14-34-26(21)15-28;;/h6,8,11,14,19-20H,3-5,7,9-10,12-13,16-18H2,1-2H3;2*1H. The van der Waals surface area contributed by atoms with Crippen LogP contribution in [0.25, 0.3) is 11.0 Å². The van der Waals surface area contributed by atoms with Gasteiger partial charge in [0.15, 0.2) is 5.58 Å². The lowest BCUT2D eigenvalue weighted by Gasteiger charge is -2.31. The summed E-state index contributed by atoms with van der Waals surface area (Å²) >= 11 is 1.54. The third kappa shape index (κ3) is 6.93. The molecule has 0 atom stereocenters. The van der Waals surface area contributed by atoms with E-state index in [0.29, 0.717) is 5.92 Å². The van der Waals surface area contributed by atoms with Crippen LogP contribution in [0.5, 0.6) is 5.75 Å². The molecular formula is C27H36Cl2N4O2S. The predicted octanol–water partition coefficient (Wildman–Crippen LogP) is 6.30. The van der Waals surface area contributed by atoms with E-state index in [0.717, 1.165) is 84.4 Å². The van der Waals surface area contributed by atoms with E-state index in [1.165, 1.54) is 31.2 Å². The van der Waals surface area contributed by atoms with Crippen LogP contribution in [0.4, 0.5) is 0 Å². The summed E-state index contributed by atoms with van der Waals surface area (Å²) in [6.45, 7) is 4.67. The molecule has 0 bridgehead atoms. The molecule has 0 radical (unpaired) electrons. The van der Waals surface area contributed by atoms with Crippen molar-refractivity contribution in [2.24, 2.45) is 11.8 Å². The van der Waals surface area contributed by atoms with Gasteiger partial charge in [-0.25, -0.2) is 0 Å². The van der Waals surface area contributed by atoms with Gasteiger partial charge in [0.1, 0.15) is 16.7 Å². The fraction of sp³-hybridized carbons (Fsp3) is 0.556. The first kappa shape index (κ1) is 28.7. The second kappa shape index (κ2) is 13.1. The fourth-order valence-electron chi connectivity index (χ4n) is 4.94. The van der Waals surface area contributed by atoms with E-state index in [2.05, 4.69) is 53.3 Å². The molecule has 196 valence electrons. The van der Waals surface area contributed by atoms with Crippen molar-refractivity contribution in [3.63, 3.8) is 0 Å². The Labute approximate surface area is 230 Å². The van der Waals surface area contributed by atoms with Crippen molar-refractivity contribution < 1.29 is 9.26 Å². The summed E-state index contributed by atoms with van der Waals surface area (Å²) in [6, 6.07) is 8.67. The number of benzene rings is 1. The number of likely N-dealkylation sites (tertiary alicyclic amines) is 1. The Kier molecular flexibility index (Phi) is 10.5. The smallest absolute Gasteiger partial charge is 0.175 e. The van der Waals surface area contributed by atoms with E-state index in [1.807, 2.05) is 5.38 Å². The number of aryl methyl sites for hydroxylation is 1. The molecule has 0 spiro atoms. The normalized spacial score (nSPS) is 16.5. The zero-order chi connectivity index (χ0) is 23.5. The van der Waals surface area contributed by atoms with Crippen LogP contribution in [-0.4, -0.2) is 48.7 Å². The summed E-state index contributed by atoms with van der Waals surface area (Å²) < 4.78 is 12.1. The first-order valence-electron chi connectivity index (χ1n) is 12.5. The van der Waals surface area contributed by atoms with Crippen LogP contribution in [-0.2, 0) is 19.5 Å². The van der Waals surface area contributed by atoms with Crippen LogP contribution < -0.4 is 4.74 Å². The first-order valence-corrected chi connectivity index (χ1v) is 13.3. The van der Waals surface area contributed by atoms with Crippen LogP contribution >= 0.6 is 36.2 Å². The largest absolute Gasteiger partial charge is 0.493 e. The summed E-state index contributed by atoms with van der Waals surface area (Å²) in [6.07, 6.45) is 7.06. The van der Waals surface area contributed by atoms with Gasteiger partial charge in [0, 0.05) is 18.5 Å². The summed E-state index contributed by atoms with van der Waals surface area (Å²) in [5.41, 5.74) is 4.24. The Morgan fingerprint density at radius 3 is 2.61 bits per heavy atom. The van der Waals surface area contributed by atoms with Gasteiger partial charge in [-0.2, -0.15) is 5.26 Å². The molecule has 0 N–H and O–H groups in total. The minimum absolute atomic E-state index is 0. The van der Waals surface area contributed by atoms with Crippen LogP contribution in [0.2, 0.25) is 0 Å². The summed E-state index contributed by atoms with van der Waals surface area (Å²) in [7, 11) is 4.15. The van der Waals surface area contributed by atoms with Gasteiger partial charge in [-0.1, -0.05) is 5.16 Å². The van der Waals surface area contributed by atoms with Crippen LogP contribution in [0.3, 0.4) is 0 Å². The van der Waals surface area contributed by atoms with Crippen molar-refractivity contribution in [3.8, 4) is 11.8 Å². The topological polar surface area (TPSA) is 65.5 Å². The molecule has 5 rings (SSSR count). The molecule has 2 fully saturated rings. The Bertz CT molecular complexity index is 1160. The number of halogens is 2. The molecule has 1 saturated carbocycles. The lowest BCUT2D eigenvalue weighted by Crippen LogP contribution is -2.33. The molecule has 3 heterocycles. The molecule has 1 aliphatic carbocycles. The number of aromatic nitrogens is 1.